The summed E-state index contributed by atoms with van der Waals surface area (Å²) in [7, 11) is 0. The van der Waals surface area contributed by atoms with E-state index in [1.54, 1.807) is 24.3 Å². The number of amides is 3. The lowest BCUT2D eigenvalue weighted by Crippen LogP contribution is -2.34. The second-order valence-electron chi connectivity index (χ2n) is 5.84. The zero-order valence-corrected chi connectivity index (χ0v) is 16.2. The zero-order chi connectivity index (χ0) is 19.2. The van der Waals surface area contributed by atoms with Crippen LogP contribution in [0.25, 0.3) is 0 Å². The van der Waals surface area contributed by atoms with Gasteiger partial charge in [-0.05, 0) is 40.5 Å². The Labute approximate surface area is 165 Å². The molecule has 0 aliphatic heterocycles. The van der Waals surface area contributed by atoms with E-state index >= 15 is 0 Å². The number of anilines is 1. The molecule has 3 amide bonds. The van der Waals surface area contributed by atoms with Crippen molar-refractivity contribution in [3.05, 3.63) is 87.8 Å². The summed E-state index contributed by atoms with van der Waals surface area (Å²) in [6.45, 7) is 1.83. The maximum absolute atomic E-state index is 12.2. The largest absolute Gasteiger partial charge is 0.327 e. The number of aromatic nitrogens is 2. The van der Waals surface area contributed by atoms with Gasteiger partial charge in [-0.15, -0.1) is 0 Å². The average Bonchev–Trinajstić information content (AvgIpc) is 2.65. The molecule has 0 saturated heterocycles. The molecule has 0 saturated carbocycles. The minimum Gasteiger partial charge on any atom is -0.291 e. The van der Waals surface area contributed by atoms with Crippen molar-refractivity contribution in [2.24, 2.45) is 0 Å². The van der Waals surface area contributed by atoms with Crippen molar-refractivity contribution in [2.75, 3.05) is 5.32 Å². The van der Waals surface area contributed by atoms with Crippen LogP contribution in [0.1, 0.15) is 27.3 Å². The molecule has 0 atom stereocenters. The molecule has 136 valence electrons. The number of halogens is 1. The topological polar surface area (TPSA) is 84.0 Å². The van der Waals surface area contributed by atoms with Crippen LogP contribution in [0.2, 0.25) is 0 Å². The van der Waals surface area contributed by atoms with Gasteiger partial charge in [0.2, 0.25) is 0 Å². The molecule has 0 spiro atoms. The number of imide groups is 1. The summed E-state index contributed by atoms with van der Waals surface area (Å²) in [4.78, 5) is 33.0. The van der Waals surface area contributed by atoms with Crippen LogP contribution in [-0.4, -0.2) is 21.9 Å². The molecule has 0 aliphatic carbocycles. The van der Waals surface area contributed by atoms with Gasteiger partial charge in [0, 0.05) is 10.9 Å². The number of carbonyl (C=O) groups excluding carboxylic acids is 2. The van der Waals surface area contributed by atoms with Gasteiger partial charge in [-0.2, -0.15) is 0 Å². The summed E-state index contributed by atoms with van der Waals surface area (Å²) in [5.41, 5.74) is 3.05. The number of urea groups is 1. The van der Waals surface area contributed by atoms with E-state index in [2.05, 4.69) is 36.5 Å². The van der Waals surface area contributed by atoms with Gasteiger partial charge < -0.3 is 0 Å². The van der Waals surface area contributed by atoms with Gasteiger partial charge >= 0.3 is 6.03 Å². The van der Waals surface area contributed by atoms with Gasteiger partial charge in [-0.25, -0.2) is 9.78 Å². The minimum absolute atomic E-state index is 0.279. The number of rotatable bonds is 4. The number of hydrogen-bond acceptors (Lipinski definition) is 4. The normalized spacial score (nSPS) is 10.3. The Balaban J connectivity index is 1.64. The SMILES string of the molecule is Cc1nc(NC(=O)NC(=O)c2ccccc2Br)cnc1Cc1ccccc1. The molecule has 0 bridgehead atoms. The molecule has 2 aromatic carbocycles. The van der Waals surface area contributed by atoms with Gasteiger partial charge in [0.05, 0.1) is 23.1 Å². The van der Waals surface area contributed by atoms with Gasteiger partial charge in [0.1, 0.15) is 0 Å². The number of aryl methyl sites for hydroxylation is 1. The lowest BCUT2D eigenvalue weighted by molar-refractivity contribution is 0.0966. The number of hydrogen-bond donors (Lipinski definition) is 2. The van der Waals surface area contributed by atoms with Crippen LogP contribution >= 0.6 is 15.9 Å². The second kappa shape index (κ2) is 8.55. The molecule has 2 N–H and O–H groups in total. The fourth-order valence-electron chi connectivity index (χ4n) is 2.49. The van der Waals surface area contributed by atoms with E-state index in [-0.39, 0.29) is 5.82 Å². The first-order valence-corrected chi connectivity index (χ1v) is 9.05. The Bertz CT molecular complexity index is 977. The number of carbonyl (C=O) groups is 2. The van der Waals surface area contributed by atoms with Crippen LogP contribution < -0.4 is 10.6 Å². The minimum atomic E-state index is -0.666. The van der Waals surface area contributed by atoms with Crippen molar-refractivity contribution in [3.63, 3.8) is 0 Å². The highest BCUT2D eigenvalue weighted by Gasteiger charge is 2.14. The lowest BCUT2D eigenvalue weighted by atomic mass is 10.1. The molecule has 0 radical (unpaired) electrons. The molecule has 6 nitrogen and oxygen atoms in total. The van der Waals surface area contributed by atoms with E-state index in [1.807, 2.05) is 37.3 Å². The fraction of sp³-hybridized carbons (Fsp3) is 0.100. The van der Waals surface area contributed by atoms with Crippen LogP contribution in [-0.2, 0) is 6.42 Å². The predicted octanol–water partition coefficient (Wildman–Crippen LogP) is 4.10. The highest BCUT2D eigenvalue weighted by Crippen LogP contribution is 2.16. The third-order valence-electron chi connectivity index (χ3n) is 3.85. The van der Waals surface area contributed by atoms with Gasteiger partial charge in [0.15, 0.2) is 5.82 Å². The summed E-state index contributed by atoms with van der Waals surface area (Å²) < 4.78 is 0.608. The molecule has 3 rings (SSSR count). The molecular formula is C20H17BrN4O2. The molecule has 1 aromatic heterocycles. The Morgan fingerprint density at radius 1 is 1.04 bits per heavy atom. The molecule has 7 heteroatoms. The first-order valence-electron chi connectivity index (χ1n) is 8.26. The van der Waals surface area contributed by atoms with Crippen molar-refractivity contribution in [3.8, 4) is 0 Å². The molecule has 0 aliphatic rings. The van der Waals surface area contributed by atoms with E-state index in [4.69, 9.17) is 0 Å². The monoisotopic (exact) mass is 424 g/mol. The van der Waals surface area contributed by atoms with E-state index < -0.39 is 11.9 Å². The zero-order valence-electron chi connectivity index (χ0n) is 14.6. The highest BCUT2D eigenvalue weighted by molar-refractivity contribution is 9.10. The Hall–Kier alpha value is -3.06. The first kappa shape index (κ1) is 18.7. The van der Waals surface area contributed by atoms with Crippen LogP contribution in [0.3, 0.4) is 0 Å². The average molecular weight is 425 g/mol. The standard InChI is InChI=1S/C20H17BrN4O2/c1-13-17(11-14-7-3-2-4-8-14)22-12-18(23-13)24-20(27)25-19(26)15-9-5-6-10-16(15)21/h2-10,12H,11H2,1H3,(H2,23,24,25,26,27). The van der Waals surface area contributed by atoms with Gasteiger partial charge in [-0.1, -0.05) is 42.5 Å². The maximum Gasteiger partial charge on any atom is 0.327 e. The van der Waals surface area contributed by atoms with Crippen molar-refractivity contribution < 1.29 is 9.59 Å². The second-order valence-corrected chi connectivity index (χ2v) is 6.69. The van der Waals surface area contributed by atoms with Crippen molar-refractivity contribution in [1.29, 1.82) is 0 Å². The molecule has 0 unspecified atom stereocenters. The maximum atomic E-state index is 12.2. The smallest absolute Gasteiger partial charge is 0.291 e. The highest BCUT2D eigenvalue weighted by atomic mass is 79.9. The fourth-order valence-corrected chi connectivity index (χ4v) is 2.96. The van der Waals surface area contributed by atoms with Crippen molar-refractivity contribution in [2.45, 2.75) is 13.3 Å². The number of nitrogens with one attached hydrogen (secondary N) is 2. The summed E-state index contributed by atoms with van der Waals surface area (Å²) in [5.74, 6) is -0.230. The number of benzene rings is 2. The number of nitrogens with zero attached hydrogens (tertiary/aromatic N) is 2. The predicted molar refractivity (Wildman–Crippen MR) is 107 cm³/mol. The van der Waals surface area contributed by atoms with E-state index in [1.165, 1.54) is 6.20 Å². The molecule has 0 fully saturated rings. The third-order valence-corrected chi connectivity index (χ3v) is 4.54. The van der Waals surface area contributed by atoms with Crippen LogP contribution in [0.4, 0.5) is 10.6 Å². The summed E-state index contributed by atoms with van der Waals surface area (Å²) in [6.07, 6.45) is 2.14. The lowest BCUT2D eigenvalue weighted by Gasteiger charge is -2.09. The van der Waals surface area contributed by atoms with E-state index in [0.29, 0.717) is 22.2 Å². The van der Waals surface area contributed by atoms with Crippen molar-refractivity contribution in [1.82, 2.24) is 15.3 Å². The van der Waals surface area contributed by atoms with Crippen LogP contribution in [0.15, 0.2) is 65.3 Å². The molecule has 27 heavy (non-hydrogen) atoms. The quantitative estimate of drug-likeness (QED) is 0.659. The van der Waals surface area contributed by atoms with Crippen LogP contribution in [0, 0.1) is 6.92 Å². The Morgan fingerprint density at radius 2 is 1.74 bits per heavy atom. The molecular weight excluding hydrogens is 408 g/mol. The first-order chi connectivity index (χ1) is 13.0. The molecule has 1 heterocycles. The molecule has 3 aromatic rings. The van der Waals surface area contributed by atoms with E-state index in [0.717, 1.165) is 11.3 Å². The van der Waals surface area contributed by atoms with Gasteiger partial charge in [0.25, 0.3) is 5.91 Å². The van der Waals surface area contributed by atoms with E-state index in [9.17, 15) is 9.59 Å². The Kier molecular flexibility index (Phi) is 5.93. The van der Waals surface area contributed by atoms with Crippen LogP contribution in [0.5, 0.6) is 0 Å². The van der Waals surface area contributed by atoms with Gasteiger partial charge in [-0.3, -0.25) is 20.4 Å². The Morgan fingerprint density at radius 3 is 2.44 bits per heavy atom. The summed E-state index contributed by atoms with van der Waals surface area (Å²) in [6, 6.07) is 16.1. The van der Waals surface area contributed by atoms with Crippen molar-refractivity contribution >= 4 is 33.7 Å². The third kappa shape index (κ3) is 4.98. The summed E-state index contributed by atoms with van der Waals surface area (Å²) >= 11 is 3.28. The summed E-state index contributed by atoms with van der Waals surface area (Å²) in [5, 5.41) is 4.81.